The maximum absolute atomic E-state index is 12.7. The van der Waals surface area contributed by atoms with Gasteiger partial charge in [-0.2, -0.15) is 13.2 Å². The maximum atomic E-state index is 12.7. The molecule has 6 nitrogen and oxygen atoms in total. The van der Waals surface area contributed by atoms with E-state index < -0.39 is 17.0 Å². The van der Waals surface area contributed by atoms with Gasteiger partial charge in [0, 0.05) is 22.8 Å². The average molecular weight is 381 g/mol. The van der Waals surface area contributed by atoms with Gasteiger partial charge in [-0.05, 0) is 11.6 Å². The number of nitrogens with zero attached hydrogens (tertiary/aromatic N) is 3. The Bertz CT molecular complexity index is 929. The Morgan fingerprint density at radius 2 is 1.85 bits per heavy atom. The highest BCUT2D eigenvalue weighted by atomic mass is 32.2. The molecule has 0 saturated carbocycles. The highest BCUT2D eigenvalue weighted by Crippen LogP contribution is 2.37. The molecule has 0 N–H and O–H groups in total. The van der Waals surface area contributed by atoms with E-state index in [9.17, 15) is 23.3 Å². The van der Waals surface area contributed by atoms with Crippen LogP contribution in [0.4, 0.5) is 18.9 Å². The largest absolute Gasteiger partial charge is 0.470 e. The Balaban J connectivity index is 1.96. The third-order valence-corrected chi connectivity index (χ3v) is 4.44. The standard InChI is InChI=1S/C16H10F3N3O3S/c17-16(18,19)15-21-20-14(25-15)12-7-6-11(22(23)24)8-13(12)26-9-10-4-2-1-3-5-10/h1-8H,9H2. The SMILES string of the molecule is O=[N+]([O-])c1ccc(-c2nnc(C(F)(F)F)o2)c(SCc2ccccc2)c1. The van der Waals surface area contributed by atoms with E-state index in [0.717, 1.165) is 5.56 Å². The lowest BCUT2D eigenvalue weighted by atomic mass is 10.2. The highest BCUT2D eigenvalue weighted by molar-refractivity contribution is 7.98. The van der Waals surface area contributed by atoms with Crippen LogP contribution in [0.5, 0.6) is 0 Å². The van der Waals surface area contributed by atoms with Crippen molar-refractivity contribution in [3.05, 3.63) is 70.1 Å². The first-order chi connectivity index (χ1) is 12.3. The molecule has 3 rings (SSSR count). The van der Waals surface area contributed by atoms with Gasteiger partial charge in [0.2, 0.25) is 5.89 Å². The fourth-order valence-electron chi connectivity index (χ4n) is 2.10. The van der Waals surface area contributed by atoms with E-state index in [1.165, 1.54) is 30.0 Å². The summed E-state index contributed by atoms with van der Waals surface area (Å²) in [5.41, 5.74) is 0.982. The van der Waals surface area contributed by atoms with Crippen LogP contribution in [0.1, 0.15) is 11.5 Å². The van der Waals surface area contributed by atoms with E-state index in [-0.39, 0.29) is 17.1 Å². The monoisotopic (exact) mass is 381 g/mol. The summed E-state index contributed by atoms with van der Waals surface area (Å²) in [4.78, 5) is 10.8. The molecule has 26 heavy (non-hydrogen) atoms. The predicted octanol–water partition coefficient (Wildman–Crippen LogP) is 4.96. The third-order valence-electron chi connectivity index (χ3n) is 3.31. The molecule has 2 aromatic carbocycles. The van der Waals surface area contributed by atoms with Gasteiger partial charge in [0.1, 0.15) is 0 Å². The number of thioether (sulfide) groups is 1. The fourth-order valence-corrected chi connectivity index (χ4v) is 3.13. The molecule has 0 unspecified atom stereocenters. The summed E-state index contributed by atoms with van der Waals surface area (Å²) in [5, 5.41) is 17.4. The number of alkyl halides is 3. The van der Waals surface area contributed by atoms with Crippen LogP contribution in [-0.2, 0) is 11.9 Å². The second kappa shape index (κ2) is 7.16. The maximum Gasteiger partial charge on any atom is 0.470 e. The zero-order valence-electron chi connectivity index (χ0n) is 12.9. The first kappa shape index (κ1) is 17.9. The molecule has 0 bridgehead atoms. The third kappa shape index (κ3) is 4.02. The summed E-state index contributed by atoms with van der Waals surface area (Å²) in [6.45, 7) is 0. The molecule has 0 radical (unpaired) electrons. The van der Waals surface area contributed by atoms with Gasteiger partial charge in [-0.15, -0.1) is 22.0 Å². The van der Waals surface area contributed by atoms with Crippen molar-refractivity contribution < 1.29 is 22.5 Å². The molecule has 0 amide bonds. The molecule has 0 atom stereocenters. The quantitative estimate of drug-likeness (QED) is 0.353. The molecule has 0 spiro atoms. The normalized spacial score (nSPS) is 11.5. The Morgan fingerprint density at radius 1 is 1.12 bits per heavy atom. The van der Waals surface area contributed by atoms with Crippen LogP contribution in [0, 0.1) is 10.1 Å². The van der Waals surface area contributed by atoms with Crippen LogP contribution < -0.4 is 0 Å². The average Bonchev–Trinajstić information content (AvgIpc) is 3.11. The molecule has 0 aliphatic heterocycles. The summed E-state index contributed by atoms with van der Waals surface area (Å²) in [6, 6.07) is 13.1. The first-order valence-electron chi connectivity index (χ1n) is 7.21. The van der Waals surface area contributed by atoms with Gasteiger partial charge in [-0.1, -0.05) is 30.3 Å². The van der Waals surface area contributed by atoms with Gasteiger partial charge in [-0.3, -0.25) is 10.1 Å². The first-order valence-corrected chi connectivity index (χ1v) is 8.19. The minimum absolute atomic E-state index is 0.181. The molecule has 10 heteroatoms. The molecular formula is C16H10F3N3O3S. The van der Waals surface area contributed by atoms with Crippen LogP contribution in [0.3, 0.4) is 0 Å². The van der Waals surface area contributed by atoms with Crippen LogP contribution in [0.25, 0.3) is 11.5 Å². The number of hydrogen-bond acceptors (Lipinski definition) is 6. The van der Waals surface area contributed by atoms with Crippen molar-refractivity contribution in [2.75, 3.05) is 0 Å². The number of aromatic nitrogens is 2. The van der Waals surface area contributed by atoms with Gasteiger partial charge < -0.3 is 4.42 Å². The highest BCUT2D eigenvalue weighted by Gasteiger charge is 2.38. The molecular weight excluding hydrogens is 371 g/mol. The minimum atomic E-state index is -4.76. The second-order valence-electron chi connectivity index (χ2n) is 5.12. The second-order valence-corrected chi connectivity index (χ2v) is 6.14. The summed E-state index contributed by atoms with van der Waals surface area (Å²) in [5.74, 6) is -1.34. The molecule has 3 aromatic rings. The summed E-state index contributed by atoms with van der Waals surface area (Å²) < 4.78 is 42.7. The van der Waals surface area contributed by atoms with Crippen molar-refractivity contribution in [1.29, 1.82) is 0 Å². The Kier molecular flexibility index (Phi) is 4.94. The Labute approximate surface area is 149 Å². The Morgan fingerprint density at radius 3 is 2.46 bits per heavy atom. The van der Waals surface area contributed by atoms with Gasteiger partial charge in [0.05, 0.1) is 10.5 Å². The van der Waals surface area contributed by atoms with E-state index in [4.69, 9.17) is 4.42 Å². The molecule has 1 aromatic heterocycles. The van der Waals surface area contributed by atoms with Crippen molar-refractivity contribution in [2.45, 2.75) is 16.8 Å². The van der Waals surface area contributed by atoms with Crippen LogP contribution in [-0.4, -0.2) is 15.1 Å². The minimum Gasteiger partial charge on any atom is -0.413 e. The van der Waals surface area contributed by atoms with E-state index in [1.807, 2.05) is 30.3 Å². The lowest BCUT2D eigenvalue weighted by Gasteiger charge is -2.07. The lowest BCUT2D eigenvalue weighted by Crippen LogP contribution is -2.04. The van der Waals surface area contributed by atoms with Gasteiger partial charge in [0.15, 0.2) is 0 Å². The molecule has 0 fully saturated rings. The van der Waals surface area contributed by atoms with E-state index >= 15 is 0 Å². The fraction of sp³-hybridized carbons (Fsp3) is 0.125. The number of hydrogen-bond donors (Lipinski definition) is 0. The van der Waals surface area contributed by atoms with Crippen molar-refractivity contribution in [2.24, 2.45) is 0 Å². The Hall–Kier alpha value is -2.88. The topological polar surface area (TPSA) is 82.1 Å². The number of benzene rings is 2. The number of rotatable bonds is 5. The van der Waals surface area contributed by atoms with Crippen molar-refractivity contribution in [3.8, 4) is 11.5 Å². The van der Waals surface area contributed by atoms with Crippen molar-refractivity contribution in [1.82, 2.24) is 10.2 Å². The predicted molar refractivity (Wildman–Crippen MR) is 87.4 cm³/mol. The number of nitro groups is 1. The van der Waals surface area contributed by atoms with Gasteiger partial charge in [-0.25, -0.2) is 0 Å². The van der Waals surface area contributed by atoms with Gasteiger partial charge in [0.25, 0.3) is 5.69 Å². The molecule has 1 heterocycles. The molecule has 0 aliphatic carbocycles. The van der Waals surface area contributed by atoms with Crippen molar-refractivity contribution >= 4 is 17.4 Å². The zero-order valence-corrected chi connectivity index (χ0v) is 13.8. The number of halogens is 3. The number of non-ortho nitro benzene ring substituents is 1. The van der Waals surface area contributed by atoms with Crippen molar-refractivity contribution in [3.63, 3.8) is 0 Å². The van der Waals surface area contributed by atoms with Gasteiger partial charge >= 0.3 is 12.1 Å². The summed E-state index contributed by atoms with van der Waals surface area (Å²) in [7, 11) is 0. The summed E-state index contributed by atoms with van der Waals surface area (Å²) >= 11 is 1.23. The smallest absolute Gasteiger partial charge is 0.413 e. The summed E-state index contributed by atoms with van der Waals surface area (Å²) in [6.07, 6.45) is -4.76. The lowest BCUT2D eigenvalue weighted by molar-refractivity contribution is -0.385. The van der Waals surface area contributed by atoms with E-state index in [2.05, 4.69) is 10.2 Å². The number of nitro benzene ring substituents is 1. The molecule has 134 valence electrons. The van der Waals surface area contributed by atoms with Crippen LogP contribution >= 0.6 is 11.8 Å². The zero-order chi connectivity index (χ0) is 18.7. The van der Waals surface area contributed by atoms with Crippen LogP contribution in [0.15, 0.2) is 57.8 Å². The molecule has 0 saturated heterocycles. The van der Waals surface area contributed by atoms with E-state index in [1.54, 1.807) is 0 Å². The van der Waals surface area contributed by atoms with Crippen LogP contribution in [0.2, 0.25) is 0 Å². The molecule has 0 aliphatic rings. The van der Waals surface area contributed by atoms with E-state index in [0.29, 0.717) is 10.6 Å².